The Hall–Kier alpha value is -3.75. The van der Waals surface area contributed by atoms with Crippen LogP contribution in [0, 0.1) is 6.92 Å². The van der Waals surface area contributed by atoms with E-state index in [4.69, 9.17) is 0 Å². The third kappa shape index (κ3) is 4.14. The van der Waals surface area contributed by atoms with E-state index in [2.05, 4.69) is 25.7 Å². The van der Waals surface area contributed by atoms with Crippen LogP contribution in [0.3, 0.4) is 0 Å². The fourth-order valence-electron chi connectivity index (χ4n) is 3.50. The Morgan fingerprint density at radius 1 is 1.17 bits per heavy atom. The highest BCUT2D eigenvalue weighted by atomic mass is 16.2. The number of aromatic amines is 1. The van der Waals surface area contributed by atoms with E-state index >= 15 is 0 Å². The highest BCUT2D eigenvalue weighted by Crippen LogP contribution is 2.19. The fraction of sp³-hybridized carbons (Fsp3) is 0.286. The molecule has 9 heteroatoms. The Balaban J connectivity index is 1.45. The van der Waals surface area contributed by atoms with E-state index in [1.165, 1.54) is 4.68 Å². The van der Waals surface area contributed by atoms with Gasteiger partial charge in [-0.1, -0.05) is 30.3 Å². The Morgan fingerprint density at radius 2 is 1.97 bits per heavy atom. The van der Waals surface area contributed by atoms with Crippen molar-refractivity contribution in [3.63, 3.8) is 0 Å². The summed E-state index contributed by atoms with van der Waals surface area (Å²) < 4.78 is 1.34. The number of hydrogen-bond donors (Lipinski definition) is 3. The summed E-state index contributed by atoms with van der Waals surface area (Å²) in [5.41, 5.74) is 2.93. The van der Waals surface area contributed by atoms with Crippen molar-refractivity contribution in [3.8, 4) is 5.95 Å². The second kappa shape index (κ2) is 8.32. The molecule has 1 aliphatic rings. The van der Waals surface area contributed by atoms with E-state index < -0.39 is 11.8 Å². The van der Waals surface area contributed by atoms with Gasteiger partial charge in [0.05, 0.1) is 11.4 Å². The van der Waals surface area contributed by atoms with Crippen LogP contribution in [0.1, 0.15) is 28.9 Å². The van der Waals surface area contributed by atoms with Crippen molar-refractivity contribution in [2.24, 2.45) is 0 Å². The van der Waals surface area contributed by atoms with Gasteiger partial charge in [-0.25, -0.2) is 4.98 Å². The first-order valence-corrected chi connectivity index (χ1v) is 9.83. The highest BCUT2D eigenvalue weighted by molar-refractivity contribution is 6.39. The minimum atomic E-state index is -0.812. The lowest BCUT2D eigenvalue weighted by atomic mass is 10.1. The maximum atomic E-state index is 12.3. The van der Waals surface area contributed by atoms with Crippen LogP contribution in [0.15, 0.2) is 41.2 Å². The minimum Gasteiger partial charge on any atom is -0.347 e. The van der Waals surface area contributed by atoms with Gasteiger partial charge in [0.25, 0.3) is 5.56 Å². The fourth-order valence-corrected chi connectivity index (χ4v) is 3.50. The zero-order valence-electron chi connectivity index (χ0n) is 16.6. The number of nitrogens with zero attached hydrogens (tertiary/aromatic N) is 3. The van der Waals surface area contributed by atoms with E-state index in [1.807, 2.05) is 30.3 Å². The first kappa shape index (κ1) is 19.6. The Morgan fingerprint density at radius 3 is 2.77 bits per heavy atom. The molecule has 2 aromatic heterocycles. The number of rotatable bonds is 5. The number of aromatic nitrogens is 4. The van der Waals surface area contributed by atoms with Crippen LogP contribution in [-0.2, 0) is 28.9 Å². The average molecular weight is 406 g/mol. The van der Waals surface area contributed by atoms with E-state index in [0.29, 0.717) is 30.6 Å². The summed E-state index contributed by atoms with van der Waals surface area (Å²) in [7, 11) is 0. The van der Waals surface area contributed by atoms with Crippen LogP contribution in [0.5, 0.6) is 0 Å². The molecular weight excluding hydrogens is 384 g/mol. The molecule has 0 radical (unpaired) electrons. The van der Waals surface area contributed by atoms with Gasteiger partial charge < -0.3 is 10.6 Å². The first-order chi connectivity index (χ1) is 14.5. The summed E-state index contributed by atoms with van der Waals surface area (Å²) >= 11 is 0. The predicted octanol–water partition coefficient (Wildman–Crippen LogP) is 1.05. The number of nitrogens with one attached hydrogen (secondary N) is 3. The molecule has 1 aliphatic carbocycles. The van der Waals surface area contributed by atoms with Gasteiger partial charge in [-0.2, -0.15) is 9.78 Å². The van der Waals surface area contributed by atoms with E-state index in [0.717, 1.165) is 24.1 Å². The lowest BCUT2D eigenvalue weighted by Crippen LogP contribution is -2.37. The van der Waals surface area contributed by atoms with Crippen molar-refractivity contribution < 1.29 is 9.59 Å². The van der Waals surface area contributed by atoms with Gasteiger partial charge >= 0.3 is 11.8 Å². The van der Waals surface area contributed by atoms with E-state index in [-0.39, 0.29) is 17.3 Å². The van der Waals surface area contributed by atoms with Crippen LogP contribution < -0.4 is 16.2 Å². The van der Waals surface area contributed by atoms with Gasteiger partial charge in [-0.3, -0.25) is 19.4 Å². The SMILES string of the molecule is Cc1cc(NC(=O)C(=O)NCCc2ccccc2)n(-c2nc3c(c(=O)[nH]2)CCC3)n1. The van der Waals surface area contributed by atoms with Crippen molar-refractivity contribution >= 4 is 17.6 Å². The molecule has 0 fully saturated rings. The largest absolute Gasteiger partial charge is 0.347 e. The first-order valence-electron chi connectivity index (χ1n) is 9.83. The smallest absolute Gasteiger partial charge is 0.314 e. The topological polar surface area (TPSA) is 122 Å². The summed E-state index contributed by atoms with van der Waals surface area (Å²) in [5, 5.41) is 9.46. The molecule has 9 nitrogen and oxygen atoms in total. The van der Waals surface area contributed by atoms with Gasteiger partial charge in [0.2, 0.25) is 5.95 Å². The molecule has 30 heavy (non-hydrogen) atoms. The number of H-pyrrole nitrogens is 1. The van der Waals surface area contributed by atoms with Crippen molar-refractivity contribution in [1.82, 2.24) is 25.1 Å². The van der Waals surface area contributed by atoms with Crippen LogP contribution >= 0.6 is 0 Å². The van der Waals surface area contributed by atoms with Gasteiger partial charge in [0.15, 0.2) is 0 Å². The van der Waals surface area contributed by atoms with Gasteiger partial charge in [-0.15, -0.1) is 0 Å². The second-order valence-corrected chi connectivity index (χ2v) is 7.20. The molecule has 1 aromatic carbocycles. The Bertz CT molecular complexity index is 1150. The number of anilines is 1. The second-order valence-electron chi connectivity index (χ2n) is 7.20. The van der Waals surface area contributed by atoms with Crippen molar-refractivity contribution in [2.75, 3.05) is 11.9 Å². The molecule has 0 spiro atoms. The van der Waals surface area contributed by atoms with Gasteiger partial charge in [-0.05, 0) is 38.2 Å². The molecule has 3 aromatic rings. The molecule has 2 heterocycles. The quantitative estimate of drug-likeness (QED) is 0.547. The third-order valence-corrected chi connectivity index (χ3v) is 4.95. The number of hydrogen-bond acceptors (Lipinski definition) is 5. The zero-order valence-corrected chi connectivity index (χ0v) is 16.6. The summed E-state index contributed by atoms with van der Waals surface area (Å²) in [6.07, 6.45) is 2.96. The molecule has 0 atom stereocenters. The number of amides is 2. The number of carbonyl (C=O) groups excluding carboxylic acids is 2. The Kier molecular flexibility index (Phi) is 5.42. The van der Waals surface area contributed by atoms with Crippen LogP contribution in [0.25, 0.3) is 5.95 Å². The van der Waals surface area contributed by atoms with Gasteiger partial charge in [0, 0.05) is 18.2 Å². The van der Waals surface area contributed by atoms with E-state index in [1.54, 1.807) is 13.0 Å². The van der Waals surface area contributed by atoms with Crippen LogP contribution in [0.4, 0.5) is 5.82 Å². The van der Waals surface area contributed by atoms with E-state index in [9.17, 15) is 14.4 Å². The molecule has 4 rings (SSSR count). The number of carbonyl (C=O) groups is 2. The van der Waals surface area contributed by atoms with Crippen molar-refractivity contribution in [1.29, 1.82) is 0 Å². The highest BCUT2D eigenvalue weighted by Gasteiger charge is 2.21. The number of benzene rings is 1. The lowest BCUT2D eigenvalue weighted by molar-refractivity contribution is -0.136. The number of fused-ring (bicyclic) bond motifs is 1. The monoisotopic (exact) mass is 406 g/mol. The van der Waals surface area contributed by atoms with Crippen molar-refractivity contribution in [3.05, 3.63) is 69.3 Å². The maximum absolute atomic E-state index is 12.3. The maximum Gasteiger partial charge on any atom is 0.314 e. The van der Waals surface area contributed by atoms with Gasteiger partial charge in [0.1, 0.15) is 5.82 Å². The van der Waals surface area contributed by atoms with Crippen molar-refractivity contribution in [2.45, 2.75) is 32.6 Å². The van der Waals surface area contributed by atoms with Crippen LogP contribution in [0.2, 0.25) is 0 Å². The molecule has 2 amide bonds. The molecule has 0 unspecified atom stereocenters. The number of aryl methyl sites for hydroxylation is 2. The Labute approximate surface area is 172 Å². The zero-order chi connectivity index (χ0) is 21.1. The molecular formula is C21H22N6O3. The molecule has 0 saturated heterocycles. The average Bonchev–Trinajstić information content (AvgIpc) is 3.35. The standard InChI is InChI=1S/C21H22N6O3/c1-13-12-17(24-20(30)19(29)22-11-10-14-6-3-2-4-7-14)27(26-13)21-23-16-9-5-8-15(16)18(28)25-21/h2-4,6-7,12H,5,8-11H2,1H3,(H,22,29)(H,24,30)(H,23,25,28). The molecule has 0 bridgehead atoms. The normalized spacial score (nSPS) is 12.4. The lowest BCUT2D eigenvalue weighted by Gasteiger charge is -2.09. The molecule has 3 N–H and O–H groups in total. The molecule has 154 valence electrons. The molecule has 0 saturated carbocycles. The predicted molar refractivity (Wildman–Crippen MR) is 111 cm³/mol. The summed E-state index contributed by atoms with van der Waals surface area (Å²) in [6, 6.07) is 11.3. The summed E-state index contributed by atoms with van der Waals surface area (Å²) in [4.78, 5) is 44.0. The summed E-state index contributed by atoms with van der Waals surface area (Å²) in [5.74, 6) is -1.08. The minimum absolute atomic E-state index is 0.198. The third-order valence-electron chi connectivity index (χ3n) is 4.95. The summed E-state index contributed by atoms with van der Waals surface area (Å²) in [6.45, 7) is 2.09. The van der Waals surface area contributed by atoms with Crippen LogP contribution in [-0.4, -0.2) is 38.1 Å². The molecule has 0 aliphatic heterocycles.